The average Bonchev–Trinajstić information content (AvgIpc) is 2.80. The van der Waals surface area contributed by atoms with Crippen molar-refractivity contribution in [1.29, 1.82) is 0 Å². The number of nitrogens with zero attached hydrogens (tertiary/aromatic N) is 1. The van der Waals surface area contributed by atoms with Crippen molar-refractivity contribution < 1.29 is 19.2 Å². The van der Waals surface area contributed by atoms with E-state index in [0.717, 1.165) is 12.1 Å². The molecule has 0 aliphatic rings. The topological polar surface area (TPSA) is 116 Å². The highest BCUT2D eigenvalue weighted by Gasteiger charge is 2.01. The number of aryl methyl sites for hydroxylation is 1. The van der Waals surface area contributed by atoms with Crippen LogP contribution in [-0.4, -0.2) is 25.9 Å². The Balaban J connectivity index is 0.000000511. The fourth-order valence-electron chi connectivity index (χ4n) is 1.53. The molecule has 1 unspecified atom stereocenters. The number of carbonyl (C=O) groups excluding carboxylic acids is 1. The molecule has 0 fully saturated rings. The summed E-state index contributed by atoms with van der Waals surface area (Å²) in [5.74, 6) is -2.93. The van der Waals surface area contributed by atoms with E-state index in [2.05, 4.69) is 17.0 Å². The number of carboxylic acids is 1. The normalized spacial score (nSPS) is 10.6. The molecule has 1 amide bonds. The Morgan fingerprint density at radius 2 is 1.85 bits per heavy atom. The number of primary amides is 1. The molecule has 0 saturated heterocycles. The standard InChI is InChI=1S/C11H19NOS.C2H3NO3/c1-2-3-4-5-6-7-8-11-9-10-14(13)12-11;3-1(4)2(5)6/h9-10H,2-8H2,1H3;(H2,3,4)(H,5,6). The van der Waals surface area contributed by atoms with E-state index in [1.54, 1.807) is 5.38 Å². The van der Waals surface area contributed by atoms with Crippen LogP contribution in [0, 0.1) is 0 Å². The van der Waals surface area contributed by atoms with Crippen LogP contribution in [0.2, 0.25) is 0 Å². The zero-order chi connectivity index (χ0) is 15.4. The second-order valence-corrected chi connectivity index (χ2v) is 5.36. The number of hydrogen-bond donors (Lipinski definition) is 2. The smallest absolute Gasteiger partial charge is 0.394 e. The predicted molar refractivity (Wildman–Crippen MR) is 76.8 cm³/mol. The molecule has 3 N–H and O–H groups in total. The third-order valence-corrected chi connectivity index (χ3v) is 3.36. The number of carboxylic acid groups (broad SMARTS) is 1. The number of rotatable bonds is 7. The fourth-order valence-corrected chi connectivity index (χ4v) is 2.25. The third-order valence-electron chi connectivity index (χ3n) is 2.58. The van der Waals surface area contributed by atoms with Gasteiger partial charge in [-0.15, -0.1) is 0 Å². The third kappa shape index (κ3) is 10.5. The van der Waals surface area contributed by atoms with Crippen LogP contribution in [0.5, 0.6) is 0 Å². The summed E-state index contributed by atoms with van der Waals surface area (Å²) in [6.45, 7) is 2.23. The van der Waals surface area contributed by atoms with E-state index in [1.165, 1.54) is 38.5 Å². The first-order valence-electron chi connectivity index (χ1n) is 6.66. The number of aromatic nitrogens is 1. The number of nitrogens with two attached hydrogens (primary N) is 1. The van der Waals surface area contributed by atoms with Crippen molar-refractivity contribution in [2.75, 3.05) is 0 Å². The van der Waals surface area contributed by atoms with Crippen LogP contribution in [0.25, 0.3) is 0 Å². The summed E-state index contributed by atoms with van der Waals surface area (Å²) in [5, 5.41) is 9.18. The van der Waals surface area contributed by atoms with Crippen molar-refractivity contribution in [2.24, 2.45) is 5.73 Å². The molecule has 1 aromatic rings. The summed E-state index contributed by atoms with van der Waals surface area (Å²) >= 11 is 0. The minimum atomic E-state index is -1.60. The minimum Gasteiger partial charge on any atom is -0.569 e. The maximum atomic E-state index is 10.9. The van der Waals surface area contributed by atoms with E-state index in [4.69, 9.17) is 5.11 Å². The summed E-state index contributed by atoms with van der Waals surface area (Å²) in [7, 11) is -1.06. The van der Waals surface area contributed by atoms with E-state index < -0.39 is 22.8 Å². The maximum absolute atomic E-state index is 10.9. The van der Waals surface area contributed by atoms with Crippen molar-refractivity contribution in [2.45, 2.75) is 51.9 Å². The zero-order valence-corrected chi connectivity index (χ0v) is 12.5. The lowest BCUT2D eigenvalue weighted by Crippen LogP contribution is -2.21. The van der Waals surface area contributed by atoms with Crippen LogP contribution in [-0.2, 0) is 16.0 Å². The van der Waals surface area contributed by atoms with Crippen molar-refractivity contribution >= 4 is 22.8 Å². The monoisotopic (exact) mass is 302 g/mol. The van der Waals surface area contributed by atoms with Crippen molar-refractivity contribution in [3.63, 3.8) is 0 Å². The zero-order valence-electron chi connectivity index (χ0n) is 11.7. The van der Waals surface area contributed by atoms with Crippen LogP contribution < -0.4 is 5.73 Å². The number of carbonyl (C=O) groups is 2. The SMILES string of the molecule is CCCCCCCCc1cc[s+]([O-])n1.NC(=O)C(=O)O. The maximum Gasteiger partial charge on any atom is 0.394 e. The molecule has 7 heteroatoms. The Morgan fingerprint density at radius 3 is 2.30 bits per heavy atom. The Morgan fingerprint density at radius 1 is 1.30 bits per heavy atom. The minimum absolute atomic E-state index is 0.994. The van der Waals surface area contributed by atoms with Crippen LogP contribution >= 0.6 is 10.9 Å². The number of unbranched alkanes of at least 4 members (excludes halogenated alkanes) is 5. The molecule has 0 spiro atoms. The Bertz CT molecular complexity index is 395. The van der Waals surface area contributed by atoms with Crippen molar-refractivity contribution in [3.05, 3.63) is 17.1 Å². The van der Waals surface area contributed by atoms with Gasteiger partial charge < -0.3 is 15.4 Å². The molecule has 6 nitrogen and oxygen atoms in total. The number of aliphatic carboxylic acids is 1. The highest BCUT2D eigenvalue weighted by atomic mass is 32.2. The summed E-state index contributed by atoms with van der Waals surface area (Å²) in [4.78, 5) is 18.5. The van der Waals surface area contributed by atoms with Gasteiger partial charge in [0.15, 0.2) is 5.38 Å². The van der Waals surface area contributed by atoms with Crippen LogP contribution in [0.15, 0.2) is 11.4 Å². The summed E-state index contributed by atoms with van der Waals surface area (Å²) in [6, 6.07) is 1.89. The van der Waals surface area contributed by atoms with Gasteiger partial charge in [-0.3, -0.25) is 4.79 Å². The van der Waals surface area contributed by atoms with Gasteiger partial charge in [-0.25, -0.2) is 4.79 Å². The largest absolute Gasteiger partial charge is 0.569 e. The molecule has 0 bridgehead atoms. The molecule has 0 aliphatic heterocycles. The predicted octanol–water partition coefficient (Wildman–Crippen LogP) is 2.27. The molecule has 0 aromatic carbocycles. The van der Waals surface area contributed by atoms with Crippen LogP contribution in [0.4, 0.5) is 0 Å². The lowest BCUT2D eigenvalue weighted by Gasteiger charge is -1.97. The van der Waals surface area contributed by atoms with Gasteiger partial charge in [0.05, 0.1) is 10.9 Å². The van der Waals surface area contributed by atoms with Gasteiger partial charge in [0.2, 0.25) is 0 Å². The van der Waals surface area contributed by atoms with E-state index in [1.807, 2.05) is 6.07 Å². The highest BCUT2D eigenvalue weighted by Crippen LogP contribution is 2.13. The van der Waals surface area contributed by atoms with Gasteiger partial charge >= 0.3 is 11.9 Å². The molecule has 1 atom stereocenters. The van der Waals surface area contributed by atoms with E-state index >= 15 is 0 Å². The lowest BCUT2D eigenvalue weighted by molar-refractivity contribution is -0.148. The fraction of sp³-hybridized carbons (Fsp3) is 0.615. The molecule has 1 rings (SSSR count). The molecular weight excluding hydrogens is 280 g/mol. The Hall–Kier alpha value is -1.47. The summed E-state index contributed by atoms with van der Waals surface area (Å²) in [5.41, 5.74) is 5.21. The first-order chi connectivity index (χ1) is 9.47. The second kappa shape index (κ2) is 11.4. The quantitative estimate of drug-likeness (QED) is 0.455. The first kappa shape index (κ1) is 18.5. The van der Waals surface area contributed by atoms with Gasteiger partial charge in [0, 0.05) is 6.07 Å². The molecule has 0 radical (unpaired) electrons. The Kier molecular flexibility index (Phi) is 10.5. The first-order valence-corrected chi connectivity index (χ1v) is 7.83. The molecule has 0 aliphatic carbocycles. The average molecular weight is 302 g/mol. The number of amides is 1. The molecule has 1 heterocycles. The number of hydrogen-bond acceptors (Lipinski definition) is 4. The highest BCUT2D eigenvalue weighted by molar-refractivity contribution is 7.17. The van der Waals surface area contributed by atoms with Crippen LogP contribution in [0.1, 0.15) is 51.1 Å². The van der Waals surface area contributed by atoms with E-state index in [0.29, 0.717) is 0 Å². The molecule has 114 valence electrons. The van der Waals surface area contributed by atoms with Gasteiger partial charge in [-0.1, -0.05) is 39.0 Å². The van der Waals surface area contributed by atoms with Gasteiger partial charge in [0.25, 0.3) is 0 Å². The summed E-state index contributed by atoms with van der Waals surface area (Å²) in [6.07, 6.45) is 8.79. The molecule has 20 heavy (non-hydrogen) atoms. The second-order valence-electron chi connectivity index (χ2n) is 4.35. The van der Waals surface area contributed by atoms with E-state index in [9.17, 15) is 14.1 Å². The van der Waals surface area contributed by atoms with E-state index in [-0.39, 0.29) is 0 Å². The van der Waals surface area contributed by atoms with Crippen molar-refractivity contribution in [3.8, 4) is 0 Å². The van der Waals surface area contributed by atoms with Gasteiger partial charge in [-0.05, 0) is 17.2 Å². The summed E-state index contributed by atoms with van der Waals surface area (Å²) < 4.78 is 14.9. The molecular formula is C13H22N2O4S. The van der Waals surface area contributed by atoms with Gasteiger partial charge in [-0.2, -0.15) is 0 Å². The van der Waals surface area contributed by atoms with Crippen molar-refractivity contribution in [1.82, 2.24) is 4.37 Å². The lowest BCUT2D eigenvalue weighted by atomic mass is 10.1. The Labute approximate surface area is 122 Å². The molecule has 1 aromatic heterocycles. The van der Waals surface area contributed by atoms with Gasteiger partial charge in [0.1, 0.15) is 5.69 Å². The van der Waals surface area contributed by atoms with Crippen LogP contribution in [0.3, 0.4) is 0 Å². The molecule has 0 saturated carbocycles.